The van der Waals surface area contributed by atoms with Gasteiger partial charge < -0.3 is 0 Å². The van der Waals surface area contributed by atoms with E-state index in [0.717, 1.165) is 22.1 Å². The van der Waals surface area contributed by atoms with Gasteiger partial charge in [0.2, 0.25) is 0 Å². The molecule has 0 spiro atoms. The molecule has 114 valence electrons. The molecule has 1 aromatic heterocycles. The molecule has 0 saturated heterocycles. The Labute approximate surface area is 131 Å². The molecule has 1 saturated carbocycles. The Kier molecular flexibility index (Phi) is 4.47. The molecule has 22 heavy (non-hydrogen) atoms. The highest BCUT2D eigenvalue weighted by Gasteiger charge is 2.18. The van der Waals surface area contributed by atoms with Crippen LogP contribution >= 0.6 is 0 Å². The van der Waals surface area contributed by atoms with Gasteiger partial charge in [-0.15, -0.1) is 5.10 Å². The van der Waals surface area contributed by atoms with Crippen molar-refractivity contribution in [3.05, 3.63) is 42.6 Å². The van der Waals surface area contributed by atoms with Gasteiger partial charge in [0.25, 0.3) is 0 Å². The zero-order valence-electron chi connectivity index (χ0n) is 13.0. The summed E-state index contributed by atoms with van der Waals surface area (Å²) in [6, 6.07) is 8.03. The lowest BCUT2D eigenvalue weighted by atomic mass is 9.83. The third-order valence-corrected chi connectivity index (χ3v) is 4.46. The number of hydrogen-bond donors (Lipinski definition) is 1. The molecule has 2 aromatic rings. The van der Waals surface area contributed by atoms with Crippen LogP contribution in [0.4, 0.5) is 5.82 Å². The number of nitrogens with zero attached hydrogens (tertiary/aromatic N) is 3. The summed E-state index contributed by atoms with van der Waals surface area (Å²) < 4.78 is 0. The number of nitrogens with one attached hydrogen (secondary N) is 1. The Morgan fingerprint density at radius 3 is 2.82 bits per heavy atom. The first-order chi connectivity index (χ1) is 10.8. The number of benzene rings is 1. The first kappa shape index (κ1) is 14.7. The minimum Gasteiger partial charge on any atom is -0.259 e. The number of hydrogen-bond acceptors (Lipinski definition) is 4. The minimum atomic E-state index is 0.581. The zero-order chi connectivity index (χ0) is 15.4. The second-order valence-electron chi connectivity index (χ2n) is 5.95. The van der Waals surface area contributed by atoms with Crippen molar-refractivity contribution in [1.82, 2.24) is 10.2 Å². The predicted molar refractivity (Wildman–Crippen MR) is 92.0 cm³/mol. The van der Waals surface area contributed by atoms with Crippen LogP contribution in [0.5, 0.6) is 0 Å². The maximum atomic E-state index is 4.48. The molecule has 1 aliphatic carbocycles. The smallest absolute Gasteiger partial charge is 0.176 e. The van der Waals surface area contributed by atoms with E-state index in [4.69, 9.17) is 0 Å². The Morgan fingerprint density at radius 1 is 1.23 bits per heavy atom. The number of aromatic nitrogens is 2. The topological polar surface area (TPSA) is 50.2 Å². The summed E-state index contributed by atoms with van der Waals surface area (Å²) in [6.45, 7) is 6.26. The molecule has 4 nitrogen and oxygen atoms in total. The lowest BCUT2D eigenvalue weighted by molar-refractivity contribution is 0.412. The highest BCUT2D eigenvalue weighted by Crippen LogP contribution is 2.29. The fraction of sp³-hybridized carbons (Fsp3) is 0.389. The molecule has 1 aromatic carbocycles. The van der Waals surface area contributed by atoms with Crippen LogP contribution in [0.1, 0.15) is 39.0 Å². The van der Waals surface area contributed by atoms with Crippen LogP contribution in [-0.4, -0.2) is 15.9 Å². The van der Waals surface area contributed by atoms with Crippen molar-refractivity contribution < 1.29 is 0 Å². The summed E-state index contributed by atoms with van der Waals surface area (Å²) in [4.78, 5) is 0. The van der Waals surface area contributed by atoms with Gasteiger partial charge in [-0.2, -0.15) is 10.2 Å². The summed E-state index contributed by atoms with van der Waals surface area (Å²) in [5, 5.41) is 14.7. The van der Waals surface area contributed by atoms with E-state index in [-0.39, 0.29) is 0 Å². The van der Waals surface area contributed by atoms with Crippen LogP contribution in [-0.2, 0) is 0 Å². The van der Waals surface area contributed by atoms with Crippen molar-refractivity contribution in [2.45, 2.75) is 39.0 Å². The molecule has 1 aliphatic rings. The molecule has 3 rings (SSSR count). The van der Waals surface area contributed by atoms with Crippen molar-refractivity contribution in [3.63, 3.8) is 0 Å². The summed E-state index contributed by atoms with van der Waals surface area (Å²) in [5.41, 5.74) is 5.17. The van der Waals surface area contributed by atoms with Crippen LogP contribution in [0.3, 0.4) is 0 Å². The van der Waals surface area contributed by atoms with Crippen LogP contribution in [0, 0.1) is 5.92 Å². The van der Waals surface area contributed by atoms with E-state index in [1.165, 1.54) is 32.1 Å². The van der Waals surface area contributed by atoms with Gasteiger partial charge in [-0.1, -0.05) is 50.1 Å². The first-order valence-electron chi connectivity index (χ1n) is 7.95. The average molecular weight is 294 g/mol. The Morgan fingerprint density at radius 2 is 2.00 bits per heavy atom. The highest BCUT2D eigenvalue weighted by molar-refractivity contribution is 5.99. The third kappa shape index (κ3) is 3.16. The van der Waals surface area contributed by atoms with Crippen molar-refractivity contribution >= 4 is 22.3 Å². The normalized spacial score (nSPS) is 16.7. The van der Waals surface area contributed by atoms with Crippen molar-refractivity contribution in [2.24, 2.45) is 11.0 Å². The quantitative estimate of drug-likeness (QED) is 0.664. The molecule has 0 radical (unpaired) electrons. The molecule has 0 amide bonds. The van der Waals surface area contributed by atoms with Gasteiger partial charge in [-0.05, 0) is 31.3 Å². The second-order valence-corrected chi connectivity index (χ2v) is 5.95. The van der Waals surface area contributed by atoms with Crippen molar-refractivity contribution in [1.29, 1.82) is 0 Å². The molecule has 0 aliphatic heterocycles. The average Bonchev–Trinajstić information content (AvgIpc) is 2.59. The van der Waals surface area contributed by atoms with Gasteiger partial charge in [-0.25, -0.2) is 0 Å². The van der Waals surface area contributed by atoms with E-state index in [1.807, 2.05) is 31.2 Å². The van der Waals surface area contributed by atoms with Gasteiger partial charge in [0.15, 0.2) is 5.82 Å². The summed E-state index contributed by atoms with van der Waals surface area (Å²) in [5.74, 6) is 1.27. The SMILES string of the molecule is C=C(/C(C)=N\Nc1nncc2ccccc12)C1CCCCC1. The lowest BCUT2D eigenvalue weighted by Gasteiger charge is -2.23. The van der Waals surface area contributed by atoms with Gasteiger partial charge in [0.05, 0.1) is 11.9 Å². The maximum Gasteiger partial charge on any atom is 0.176 e. The number of hydrazone groups is 1. The van der Waals surface area contributed by atoms with Crippen LogP contribution in [0.15, 0.2) is 47.7 Å². The fourth-order valence-electron chi connectivity index (χ4n) is 3.07. The van der Waals surface area contributed by atoms with Gasteiger partial charge in [-0.3, -0.25) is 5.43 Å². The Bertz CT molecular complexity index is 694. The Hall–Kier alpha value is -2.23. The lowest BCUT2D eigenvalue weighted by Crippen LogP contribution is -2.14. The van der Waals surface area contributed by atoms with E-state index in [0.29, 0.717) is 11.7 Å². The molecular weight excluding hydrogens is 272 g/mol. The highest BCUT2D eigenvalue weighted by atomic mass is 15.3. The molecule has 4 heteroatoms. The number of anilines is 1. The minimum absolute atomic E-state index is 0.581. The summed E-state index contributed by atoms with van der Waals surface area (Å²) in [7, 11) is 0. The fourth-order valence-corrected chi connectivity index (χ4v) is 3.07. The molecule has 0 bridgehead atoms. The number of fused-ring (bicyclic) bond motifs is 1. The van der Waals surface area contributed by atoms with Crippen LogP contribution in [0.25, 0.3) is 10.8 Å². The van der Waals surface area contributed by atoms with Gasteiger partial charge in [0, 0.05) is 10.8 Å². The number of allylic oxidation sites excluding steroid dienone is 1. The molecule has 1 fully saturated rings. The van der Waals surface area contributed by atoms with Gasteiger partial charge in [0.1, 0.15) is 0 Å². The van der Waals surface area contributed by atoms with E-state index < -0.39 is 0 Å². The van der Waals surface area contributed by atoms with E-state index in [1.54, 1.807) is 6.20 Å². The molecular formula is C18H22N4. The monoisotopic (exact) mass is 294 g/mol. The predicted octanol–water partition coefficient (Wildman–Crippen LogP) is 4.55. The van der Waals surface area contributed by atoms with Crippen LogP contribution in [0.2, 0.25) is 0 Å². The first-order valence-corrected chi connectivity index (χ1v) is 7.95. The summed E-state index contributed by atoms with van der Waals surface area (Å²) >= 11 is 0. The maximum absolute atomic E-state index is 4.48. The van der Waals surface area contributed by atoms with Crippen molar-refractivity contribution in [2.75, 3.05) is 5.43 Å². The van der Waals surface area contributed by atoms with E-state index in [9.17, 15) is 0 Å². The van der Waals surface area contributed by atoms with Gasteiger partial charge >= 0.3 is 0 Å². The Balaban J connectivity index is 1.75. The van der Waals surface area contributed by atoms with E-state index in [2.05, 4.69) is 27.3 Å². The van der Waals surface area contributed by atoms with Crippen LogP contribution < -0.4 is 5.43 Å². The third-order valence-electron chi connectivity index (χ3n) is 4.46. The standard InChI is InChI=1S/C18H22N4/c1-13(15-8-4-3-5-9-15)14(2)20-22-18-17-11-7-6-10-16(17)12-19-21-18/h6-7,10-12,15H,1,3-5,8-9H2,2H3,(H,21,22)/b20-14-. The van der Waals surface area contributed by atoms with Crippen molar-refractivity contribution in [3.8, 4) is 0 Å². The molecule has 1 heterocycles. The largest absolute Gasteiger partial charge is 0.259 e. The molecule has 0 atom stereocenters. The number of rotatable bonds is 4. The second kappa shape index (κ2) is 6.69. The summed E-state index contributed by atoms with van der Waals surface area (Å²) in [6.07, 6.45) is 8.19. The molecule has 0 unspecified atom stereocenters. The molecule has 1 N–H and O–H groups in total. The zero-order valence-corrected chi connectivity index (χ0v) is 13.0. The van der Waals surface area contributed by atoms with E-state index >= 15 is 0 Å².